The Hall–Kier alpha value is -3.38. The maximum atomic E-state index is 12.3. The van der Waals surface area contributed by atoms with Crippen LogP contribution < -0.4 is 9.04 Å². The molecule has 0 saturated carbocycles. The van der Waals surface area contributed by atoms with Crippen LogP contribution in [-0.4, -0.2) is 46.2 Å². The summed E-state index contributed by atoms with van der Waals surface area (Å²) in [7, 11) is -3.36. The molecule has 29 heavy (non-hydrogen) atoms. The van der Waals surface area contributed by atoms with Crippen LogP contribution in [0.3, 0.4) is 0 Å². The maximum Gasteiger partial charge on any atom is 0.344 e. The summed E-state index contributed by atoms with van der Waals surface area (Å²) in [5.74, 6) is -0.890. The van der Waals surface area contributed by atoms with Crippen molar-refractivity contribution in [3.63, 3.8) is 0 Å². The van der Waals surface area contributed by atoms with Crippen LogP contribution in [0.5, 0.6) is 5.75 Å². The van der Waals surface area contributed by atoms with E-state index in [4.69, 9.17) is 14.7 Å². The van der Waals surface area contributed by atoms with Crippen LogP contribution in [0.4, 0.5) is 5.69 Å². The molecule has 1 aliphatic heterocycles. The average molecular weight is 414 g/mol. The van der Waals surface area contributed by atoms with Gasteiger partial charge in [0.25, 0.3) is 0 Å². The molecule has 0 radical (unpaired) electrons. The molecule has 0 aliphatic carbocycles. The number of hydrogen-bond donors (Lipinski definition) is 0. The first-order valence-electron chi connectivity index (χ1n) is 8.71. The van der Waals surface area contributed by atoms with Gasteiger partial charge in [-0.3, -0.25) is 9.10 Å². The number of ketones is 1. The molecule has 150 valence electrons. The van der Waals surface area contributed by atoms with Gasteiger partial charge in [-0.2, -0.15) is 5.26 Å². The molecule has 0 atom stereocenters. The highest BCUT2D eigenvalue weighted by Gasteiger charge is 2.26. The molecule has 0 bridgehead atoms. The fourth-order valence-electron chi connectivity index (χ4n) is 2.98. The molecule has 0 N–H and O–H groups in total. The Kier molecular flexibility index (Phi) is 5.84. The number of ether oxygens (including phenoxy) is 2. The van der Waals surface area contributed by atoms with Gasteiger partial charge in [0.05, 0.1) is 17.5 Å². The molecule has 0 saturated heterocycles. The predicted octanol–water partition coefficient (Wildman–Crippen LogP) is 1.69. The summed E-state index contributed by atoms with van der Waals surface area (Å²) in [6, 6.07) is 13.1. The fourth-order valence-corrected chi connectivity index (χ4v) is 3.94. The maximum absolute atomic E-state index is 12.3. The first-order valence-corrected chi connectivity index (χ1v) is 10.6. The molecular formula is C20H18N2O6S. The van der Waals surface area contributed by atoms with Gasteiger partial charge in [0.1, 0.15) is 11.8 Å². The Morgan fingerprint density at radius 3 is 2.66 bits per heavy atom. The quantitative estimate of drug-likeness (QED) is 0.500. The number of fused-ring (bicyclic) bond motifs is 1. The molecule has 0 fully saturated rings. The van der Waals surface area contributed by atoms with Gasteiger partial charge in [0, 0.05) is 12.1 Å². The van der Waals surface area contributed by atoms with E-state index in [1.807, 2.05) is 6.07 Å². The summed E-state index contributed by atoms with van der Waals surface area (Å²) in [5.41, 5.74) is 1.94. The van der Waals surface area contributed by atoms with Crippen LogP contribution in [0.1, 0.15) is 21.5 Å². The van der Waals surface area contributed by atoms with Crippen LogP contribution in [0.15, 0.2) is 42.5 Å². The monoisotopic (exact) mass is 414 g/mol. The predicted molar refractivity (Wildman–Crippen MR) is 104 cm³/mol. The minimum absolute atomic E-state index is 0.257. The summed E-state index contributed by atoms with van der Waals surface area (Å²) in [6.45, 7) is -0.557. The fraction of sp³-hybridized carbons (Fsp3) is 0.250. The minimum atomic E-state index is -3.36. The summed E-state index contributed by atoms with van der Waals surface area (Å²) in [5, 5.41) is 8.99. The first-order chi connectivity index (χ1) is 13.8. The molecule has 3 rings (SSSR count). The number of esters is 1. The van der Waals surface area contributed by atoms with Gasteiger partial charge in [0.15, 0.2) is 19.0 Å². The van der Waals surface area contributed by atoms with Gasteiger partial charge in [0.2, 0.25) is 10.0 Å². The third-order valence-corrected chi connectivity index (χ3v) is 5.55. The smallest absolute Gasteiger partial charge is 0.344 e. The van der Waals surface area contributed by atoms with Crippen molar-refractivity contribution in [3.8, 4) is 11.8 Å². The van der Waals surface area contributed by atoms with E-state index < -0.39 is 35.0 Å². The number of hydrogen-bond acceptors (Lipinski definition) is 7. The van der Waals surface area contributed by atoms with Crippen LogP contribution >= 0.6 is 0 Å². The highest BCUT2D eigenvalue weighted by atomic mass is 32.2. The Bertz CT molecular complexity index is 1100. The first kappa shape index (κ1) is 20.4. The van der Waals surface area contributed by atoms with Gasteiger partial charge < -0.3 is 9.47 Å². The lowest BCUT2D eigenvalue weighted by Gasteiger charge is -2.16. The van der Waals surface area contributed by atoms with E-state index in [0.29, 0.717) is 24.2 Å². The van der Waals surface area contributed by atoms with Crippen molar-refractivity contribution in [2.45, 2.75) is 6.42 Å². The third kappa shape index (κ3) is 4.73. The summed E-state index contributed by atoms with van der Waals surface area (Å²) >= 11 is 0. The lowest BCUT2D eigenvalue weighted by molar-refractivity contribution is -0.144. The van der Waals surface area contributed by atoms with Crippen LogP contribution in [0, 0.1) is 11.3 Å². The van der Waals surface area contributed by atoms with E-state index in [2.05, 4.69) is 0 Å². The largest absolute Gasteiger partial charge is 0.481 e. The lowest BCUT2D eigenvalue weighted by atomic mass is 10.1. The number of carbonyl (C=O) groups excluding carboxylic acids is 2. The Balaban J connectivity index is 1.56. The molecule has 0 aromatic heterocycles. The molecule has 2 aromatic rings. The number of rotatable bonds is 7. The average Bonchev–Trinajstić information content (AvgIpc) is 3.14. The summed E-state index contributed by atoms with van der Waals surface area (Å²) in [4.78, 5) is 24.1. The lowest BCUT2D eigenvalue weighted by Crippen LogP contribution is -2.27. The van der Waals surface area contributed by atoms with Crippen molar-refractivity contribution < 1.29 is 27.5 Å². The molecule has 8 nitrogen and oxygen atoms in total. The zero-order chi connectivity index (χ0) is 21.0. The molecule has 0 spiro atoms. The van der Waals surface area contributed by atoms with Crippen molar-refractivity contribution in [3.05, 3.63) is 59.2 Å². The Morgan fingerprint density at radius 2 is 1.93 bits per heavy atom. The van der Waals surface area contributed by atoms with E-state index in [-0.39, 0.29) is 11.3 Å². The van der Waals surface area contributed by atoms with Crippen molar-refractivity contribution in [2.75, 3.05) is 30.3 Å². The van der Waals surface area contributed by atoms with Crippen molar-refractivity contribution in [1.82, 2.24) is 0 Å². The number of anilines is 1. The van der Waals surface area contributed by atoms with Crippen molar-refractivity contribution in [1.29, 1.82) is 5.26 Å². The van der Waals surface area contributed by atoms with E-state index in [1.54, 1.807) is 36.4 Å². The van der Waals surface area contributed by atoms with Crippen LogP contribution in [0.25, 0.3) is 0 Å². The topological polar surface area (TPSA) is 114 Å². The molecule has 1 heterocycles. The molecule has 0 amide bonds. The number of carbonyl (C=O) groups is 2. The number of nitrogens with zero attached hydrogens (tertiary/aromatic N) is 2. The summed E-state index contributed by atoms with van der Waals surface area (Å²) in [6.07, 6.45) is 1.65. The zero-order valence-corrected chi connectivity index (χ0v) is 16.4. The highest BCUT2D eigenvalue weighted by Crippen LogP contribution is 2.30. The highest BCUT2D eigenvalue weighted by molar-refractivity contribution is 7.92. The number of Topliss-reactive ketones (excluding diaryl/α,β-unsaturated/α-hetero) is 1. The third-order valence-electron chi connectivity index (χ3n) is 4.37. The normalized spacial score (nSPS) is 12.8. The minimum Gasteiger partial charge on any atom is -0.481 e. The second-order valence-electron chi connectivity index (χ2n) is 6.41. The summed E-state index contributed by atoms with van der Waals surface area (Å²) < 4.78 is 35.0. The van der Waals surface area contributed by atoms with Crippen LogP contribution in [-0.2, 0) is 26.0 Å². The van der Waals surface area contributed by atoms with Gasteiger partial charge in [-0.25, -0.2) is 13.2 Å². The Labute approximate surface area is 168 Å². The van der Waals surface area contributed by atoms with Crippen molar-refractivity contribution in [2.24, 2.45) is 0 Å². The number of nitriles is 1. The van der Waals surface area contributed by atoms with Gasteiger partial charge >= 0.3 is 5.97 Å². The second kappa shape index (κ2) is 8.32. The van der Waals surface area contributed by atoms with E-state index >= 15 is 0 Å². The molecule has 9 heteroatoms. The number of sulfonamides is 1. The van der Waals surface area contributed by atoms with E-state index in [9.17, 15) is 18.0 Å². The van der Waals surface area contributed by atoms with Crippen LogP contribution in [0.2, 0.25) is 0 Å². The molecule has 0 unspecified atom stereocenters. The molecule has 1 aliphatic rings. The molecular weight excluding hydrogens is 396 g/mol. The van der Waals surface area contributed by atoms with Crippen molar-refractivity contribution >= 4 is 27.5 Å². The number of para-hydroxylation sites is 1. The number of benzene rings is 2. The standard InChI is InChI=1S/C20H18N2O6S/c1-29(25,26)22-9-8-14-10-15(6-7-17(14)22)18(23)12-28-20(24)13-27-19-5-3-2-4-16(19)11-21/h2-7,10H,8-9,12-13H2,1H3. The van der Waals surface area contributed by atoms with E-state index in [0.717, 1.165) is 11.8 Å². The van der Waals surface area contributed by atoms with E-state index in [1.165, 1.54) is 10.4 Å². The van der Waals surface area contributed by atoms with Gasteiger partial charge in [-0.15, -0.1) is 0 Å². The second-order valence-corrected chi connectivity index (χ2v) is 8.32. The zero-order valence-electron chi connectivity index (χ0n) is 15.6. The molecule has 2 aromatic carbocycles. The Morgan fingerprint density at radius 1 is 1.17 bits per heavy atom. The van der Waals surface area contributed by atoms with Gasteiger partial charge in [-0.1, -0.05) is 12.1 Å². The van der Waals surface area contributed by atoms with Gasteiger partial charge in [-0.05, 0) is 42.3 Å². The SMILES string of the molecule is CS(=O)(=O)N1CCc2cc(C(=O)COC(=O)COc3ccccc3C#N)ccc21.